The Labute approximate surface area is 162 Å². The van der Waals surface area contributed by atoms with Crippen LogP contribution in [0.4, 0.5) is 18.9 Å². The minimum absolute atomic E-state index is 0.140. The van der Waals surface area contributed by atoms with Gasteiger partial charge in [0.2, 0.25) is 0 Å². The SMILES string of the molecule is CC(c1nc2ccccc2n1C)N1CCN(c2cccc(C(F)(F)F)c2)CC1. The molecule has 0 saturated carbocycles. The average Bonchev–Trinajstić information content (AvgIpc) is 3.04. The lowest BCUT2D eigenvalue weighted by molar-refractivity contribution is -0.137. The molecule has 0 amide bonds. The highest BCUT2D eigenvalue weighted by Crippen LogP contribution is 2.32. The second kappa shape index (κ2) is 7.13. The van der Waals surface area contributed by atoms with Crippen LogP contribution >= 0.6 is 0 Å². The van der Waals surface area contributed by atoms with Crippen LogP contribution in [-0.4, -0.2) is 40.6 Å². The zero-order valence-electron chi connectivity index (χ0n) is 15.9. The van der Waals surface area contributed by atoms with E-state index in [0.29, 0.717) is 18.8 Å². The number of para-hydroxylation sites is 2. The van der Waals surface area contributed by atoms with Crippen molar-refractivity contribution in [1.82, 2.24) is 14.5 Å². The molecule has 4 nitrogen and oxygen atoms in total. The molecule has 2 aromatic carbocycles. The molecule has 28 heavy (non-hydrogen) atoms. The number of nitrogens with zero attached hydrogens (tertiary/aromatic N) is 4. The molecule has 1 aliphatic heterocycles. The number of fused-ring (bicyclic) bond motifs is 1. The quantitative estimate of drug-likeness (QED) is 0.661. The monoisotopic (exact) mass is 388 g/mol. The molecular formula is C21H23F3N4. The largest absolute Gasteiger partial charge is 0.416 e. The first-order valence-electron chi connectivity index (χ1n) is 9.42. The van der Waals surface area contributed by atoms with E-state index >= 15 is 0 Å². The van der Waals surface area contributed by atoms with Gasteiger partial charge in [0, 0.05) is 38.9 Å². The Kier molecular flexibility index (Phi) is 4.79. The van der Waals surface area contributed by atoms with E-state index in [2.05, 4.69) is 22.5 Å². The minimum atomic E-state index is -4.31. The Balaban J connectivity index is 1.47. The predicted molar refractivity (Wildman–Crippen MR) is 104 cm³/mol. The Morgan fingerprint density at radius 3 is 2.36 bits per heavy atom. The van der Waals surface area contributed by atoms with Gasteiger partial charge < -0.3 is 9.47 Å². The van der Waals surface area contributed by atoms with Crippen LogP contribution in [0, 0.1) is 0 Å². The number of hydrogen-bond acceptors (Lipinski definition) is 3. The van der Waals surface area contributed by atoms with Crippen LogP contribution in [0.1, 0.15) is 24.4 Å². The van der Waals surface area contributed by atoms with Gasteiger partial charge in [-0.2, -0.15) is 13.2 Å². The Morgan fingerprint density at radius 1 is 0.964 bits per heavy atom. The van der Waals surface area contributed by atoms with E-state index in [-0.39, 0.29) is 6.04 Å². The molecule has 1 atom stereocenters. The average molecular weight is 388 g/mol. The van der Waals surface area contributed by atoms with Gasteiger partial charge in [-0.3, -0.25) is 4.90 Å². The van der Waals surface area contributed by atoms with Crippen molar-refractivity contribution in [3.8, 4) is 0 Å². The van der Waals surface area contributed by atoms with Gasteiger partial charge >= 0.3 is 6.18 Å². The smallest absolute Gasteiger partial charge is 0.369 e. The first-order chi connectivity index (χ1) is 13.3. The van der Waals surface area contributed by atoms with Crippen LogP contribution in [0.15, 0.2) is 48.5 Å². The summed E-state index contributed by atoms with van der Waals surface area (Å²) in [5, 5.41) is 0. The van der Waals surface area contributed by atoms with Crippen molar-refractivity contribution in [2.45, 2.75) is 19.1 Å². The summed E-state index contributed by atoms with van der Waals surface area (Å²) in [6, 6.07) is 13.8. The second-order valence-corrected chi connectivity index (χ2v) is 7.26. The van der Waals surface area contributed by atoms with Gasteiger partial charge in [0.25, 0.3) is 0 Å². The van der Waals surface area contributed by atoms with Gasteiger partial charge in [-0.05, 0) is 37.3 Å². The number of benzene rings is 2. The summed E-state index contributed by atoms with van der Waals surface area (Å²) < 4.78 is 41.1. The lowest BCUT2D eigenvalue weighted by Gasteiger charge is -2.39. The minimum Gasteiger partial charge on any atom is -0.369 e. The Morgan fingerprint density at radius 2 is 1.68 bits per heavy atom. The fraction of sp³-hybridized carbons (Fsp3) is 0.381. The number of piperazine rings is 1. The number of aryl methyl sites for hydroxylation is 1. The molecule has 0 aliphatic carbocycles. The summed E-state index contributed by atoms with van der Waals surface area (Å²) in [7, 11) is 2.03. The predicted octanol–water partition coefficient (Wildman–Crippen LogP) is 4.48. The summed E-state index contributed by atoms with van der Waals surface area (Å²) in [4.78, 5) is 9.15. The van der Waals surface area contributed by atoms with Crippen LogP contribution < -0.4 is 4.90 Å². The van der Waals surface area contributed by atoms with Crippen LogP contribution in [0.25, 0.3) is 11.0 Å². The summed E-state index contributed by atoms with van der Waals surface area (Å²) in [5.41, 5.74) is 2.12. The topological polar surface area (TPSA) is 24.3 Å². The number of anilines is 1. The van der Waals surface area contributed by atoms with Gasteiger partial charge in [0.1, 0.15) is 5.82 Å². The Bertz CT molecular complexity index is 971. The van der Waals surface area contributed by atoms with E-state index in [9.17, 15) is 13.2 Å². The number of imidazole rings is 1. The zero-order chi connectivity index (χ0) is 19.9. The van der Waals surface area contributed by atoms with Gasteiger partial charge in [-0.1, -0.05) is 18.2 Å². The van der Waals surface area contributed by atoms with Gasteiger partial charge in [0.05, 0.1) is 22.6 Å². The number of rotatable bonds is 3. The maximum Gasteiger partial charge on any atom is 0.416 e. The van der Waals surface area contributed by atoms with Crippen LogP contribution in [0.3, 0.4) is 0 Å². The third-order valence-corrected chi connectivity index (χ3v) is 5.60. The summed E-state index contributed by atoms with van der Waals surface area (Å²) >= 11 is 0. The van der Waals surface area contributed by atoms with Gasteiger partial charge in [0.15, 0.2) is 0 Å². The van der Waals surface area contributed by atoms with Crippen molar-refractivity contribution in [3.63, 3.8) is 0 Å². The lowest BCUT2D eigenvalue weighted by Crippen LogP contribution is -2.47. The van der Waals surface area contributed by atoms with E-state index in [0.717, 1.165) is 36.0 Å². The van der Waals surface area contributed by atoms with Crippen molar-refractivity contribution in [2.24, 2.45) is 7.05 Å². The zero-order valence-corrected chi connectivity index (χ0v) is 15.9. The van der Waals surface area contributed by atoms with Crippen molar-refractivity contribution in [3.05, 3.63) is 59.9 Å². The maximum absolute atomic E-state index is 13.0. The first kappa shape index (κ1) is 18.8. The molecule has 1 fully saturated rings. The summed E-state index contributed by atoms with van der Waals surface area (Å²) in [5.74, 6) is 1.01. The van der Waals surface area contributed by atoms with Crippen molar-refractivity contribution in [2.75, 3.05) is 31.1 Å². The summed E-state index contributed by atoms with van der Waals surface area (Å²) in [6.07, 6.45) is -4.31. The molecule has 0 N–H and O–H groups in total. The molecule has 4 rings (SSSR count). The van der Waals surface area contributed by atoms with E-state index in [1.807, 2.05) is 30.1 Å². The van der Waals surface area contributed by atoms with Crippen molar-refractivity contribution < 1.29 is 13.2 Å². The number of aromatic nitrogens is 2. The fourth-order valence-corrected chi connectivity index (χ4v) is 3.95. The molecule has 2 heterocycles. The molecule has 0 spiro atoms. The van der Waals surface area contributed by atoms with E-state index in [1.54, 1.807) is 6.07 Å². The highest BCUT2D eigenvalue weighted by Gasteiger charge is 2.31. The third kappa shape index (κ3) is 3.46. The van der Waals surface area contributed by atoms with Crippen LogP contribution in [-0.2, 0) is 13.2 Å². The van der Waals surface area contributed by atoms with Gasteiger partial charge in [-0.25, -0.2) is 4.98 Å². The molecule has 148 valence electrons. The molecule has 1 unspecified atom stereocenters. The number of alkyl halides is 3. The second-order valence-electron chi connectivity index (χ2n) is 7.26. The number of hydrogen-bond donors (Lipinski definition) is 0. The third-order valence-electron chi connectivity index (χ3n) is 5.60. The fourth-order valence-electron chi connectivity index (χ4n) is 3.95. The van der Waals surface area contributed by atoms with E-state index in [4.69, 9.17) is 4.98 Å². The Hall–Kier alpha value is -2.54. The van der Waals surface area contributed by atoms with Gasteiger partial charge in [-0.15, -0.1) is 0 Å². The maximum atomic E-state index is 13.0. The number of halogens is 3. The molecule has 7 heteroatoms. The molecular weight excluding hydrogens is 365 g/mol. The molecule has 0 radical (unpaired) electrons. The standard InChI is InChI=1S/C21H23F3N4/c1-15(20-25-18-8-3-4-9-19(18)26(20)2)27-10-12-28(13-11-27)17-7-5-6-16(14-17)21(22,23)24/h3-9,14-15H,10-13H2,1-2H3. The summed E-state index contributed by atoms with van der Waals surface area (Å²) in [6.45, 7) is 5.08. The first-order valence-corrected chi connectivity index (χ1v) is 9.42. The van der Waals surface area contributed by atoms with Crippen LogP contribution in [0.2, 0.25) is 0 Å². The van der Waals surface area contributed by atoms with Crippen molar-refractivity contribution >= 4 is 16.7 Å². The van der Waals surface area contributed by atoms with Crippen molar-refractivity contribution in [1.29, 1.82) is 0 Å². The van der Waals surface area contributed by atoms with E-state index < -0.39 is 11.7 Å². The lowest BCUT2D eigenvalue weighted by atomic mass is 10.1. The normalized spacial score (nSPS) is 17.2. The molecule has 3 aromatic rings. The highest BCUT2D eigenvalue weighted by molar-refractivity contribution is 5.75. The highest BCUT2D eigenvalue weighted by atomic mass is 19.4. The molecule has 1 saturated heterocycles. The molecule has 1 aromatic heterocycles. The van der Waals surface area contributed by atoms with E-state index in [1.165, 1.54) is 12.1 Å². The van der Waals surface area contributed by atoms with Crippen LogP contribution in [0.5, 0.6) is 0 Å². The molecule has 0 bridgehead atoms. The molecule has 1 aliphatic rings.